The summed E-state index contributed by atoms with van der Waals surface area (Å²) in [7, 11) is 0. The molecule has 6 unspecified atom stereocenters. The number of phenols is 1. The third-order valence-corrected chi connectivity index (χ3v) is 9.55. The Morgan fingerprint density at radius 3 is 2.31 bits per heavy atom. The molecule has 2 aliphatic heterocycles. The van der Waals surface area contributed by atoms with Crippen LogP contribution in [0.5, 0.6) is 5.75 Å². The number of halogens is 2. The standard InChI is InChI=1S/C29H26ClFN2O6/c1-12-8-14(9-13(2)24(12)34)23-16-5-6-17-22(27(37)33(39)25(17)35)18(16)11-19-26(36)32(28(38)29(19,23)3)15-4-7-21(31)20(30)10-15/h4-5,7-10,17-19,22-23,34,39H,6,11H2,1-3H3. The second-order valence-electron chi connectivity index (χ2n) is 11.3. The van der Waals surface area contributed by atoms with Crippen molar-refractivity contribution in [2.45, 2.75) is 39.5 Å². The summed E-state index contributed by atoms with van der Waals surface area (Å²) >= 11 is 6.00. The van der Waals surface area contributed by atoms with E-state index in [2.05, 4.69) is 0 Å². The normalized spacial score (nSPS) is 31.8. The van der Waals surface area contributed by atoms with Gasteiger partial charge in [0.05, 0.1) is 33.9 Å². The molecule has 0 bridgehead atoms. The number of rotatable bonds is 2. The summed E-state index contributed by atoms with van der Waals surface area (Å²) < 4.78 is 13.9. The number of hydrogen-bond donors (Lipinski definition) is 2. The Kier molecular flexibility index (Phi) is 5.58. The highest BCUT2D eigenvalue weighted by Gasteiger charge is 2.67. The molecule has 0 spiro atoms. The number of imide groups is 2. The number of anilines is 1. The molecule has 0 radical (unpaired) electrons. The van der Waals surface area contributed by atoms with Crippen LogP contribution in [0.15, 0.2) is 42.0 Å². The lowest BCUT2D eigenvalue weighted by molar-refractivity contribution is -0.173. The molecular formula is C29H26ClFN2O6. The first-order chi connectivity index (χ1) is 18.4. The van der Waals surface area contributed by atoms with E-state index < -0.39 is 64.5 Å². The first-order valence-corrected chi connectivity index (χ1v) is 13.2. The van der Waals surface area contributed by atoms with Crippen LogP contribution >= 0.6 is 11.6 Å². The molecule has 2 aliphatic carbocycles. The van der Waals surface area contributed by atoms with Crippen LogP contribution in [0.25, 0.3) is 0 Å². The fourth-order valence-corrected chi connectivity index (χ4v) is 7.58. The summed E-state index contributed by atoms with van der Waals surface area (Å²) in [6.45, 7) is 5.22. The minimum atomic E-state index is -1.28. The van der Waals surface area contributed by atoms with E-state index in [-0.39, 0.29) is 34.4 Å². The average molecular weight is 553 g/mol. The van der Waals surface area contributed by atoms with Crippen molar-refractivity contribution in [3.63, 3.8) is 0 Å². The molecule has 1 saturated carbocycles. The zero-order chi connectivity index (χ0) is 28.1. The van der Waals surface area contributed by atoms with Crippen molar-refractivity contribution in [3.8, 4) is 5.75 Å². The minimum Gasteiger partial charge on any atom is -0.507 e. The Bertz CT molecular complexity index is 1510. The van der Waals surface area contributed by atoms with Gasteiger partial charge in [0.2, 0.25) is 11.8 Å². The fraction of sp³-hybridized carbons (Fsp3) is 0.379. The van der Waals surface area contributed by atoms with Crippen LogP contribution in [0.4, 0.5) is 10.1 Å². The molecule has 6 rings (SSSR count). The van der Waals surface area contributed by atoms with Gasteiger partial charge in [0.25, 0.3) is 11.8 Å². The van der Waals surface area contributed by atoms with Crippen LogP contribution in [0.1, 0.15) is 42.4 Å². The van der Waals surface area contributed by atoms with E-state index in [1.165, 1.54) is 12.1 Å². The van der Waals surface area contributed by atoms with Crippen LogP contribution in [0, 0.1) is 48.8 Å². The SMILES string of the molecule is Cc1cc(C2C3=CCC4C(=O)N(O)C(=O)C4C3CC3C(=O)N(c4ccc(F)c(Cl)c4)C(=O)C32C)cc(C)c1O. The van der Waals surface area contributed by atoms with Crippen molar-refractivity contribution >= 4 is 40.9 Å². The first kappa shape index (κ1) is 25.7. The second kappa shape index (κ2) is 8.47. The summed E-state index contributed by atoms with van der Waals surface area (Å²) in [5.74, 6) is -6.62. The van der Waals surface area contributed by atoms with Gasteiger partial charge in [-0.15, -0.1) is 0 Å². The van der Waals surface area contributed by atoms with Crippen LogP contribution in [-0.4, -0.2) is 39.0 Å². The minimum absolute atomic E-state index is 0.120. The van der Waals surface area contributed by atoms with Crippen molar-refractivity contribution in [2.24, 2.45) is 29.1 Å². The van der Waals surface area contributed by atoms with Gasteiger partial charge in [-0.25, -0.2) is 9.29 Å². The Balaban J connectivity index is 1.56. The van der Waals surface area contributed by atoms with Crippen molar-refractivity contribution in [2.75, 3.05) is 4.90 Å². The third-order valence-electron chi connectivity index (χ3n) is 9.26. The van der Waals surface area contributed by atoms with Crippen molar-refractivity contribution in [1.82, 2.24) is 5.06 Å². The topological polar surface area (TPSA) is 115 Å². The number of hydrogen-bond acceptors (Lipinski definition) is 6. The lowest BCUT2D eigenvalue weighted by Crippen LogP contribution is -2.48. The number of aryl methyl sites for hydroxylation is 2. The number of benzene rings is 2. The molecule has 2 saturated heterocycles. The lowest BCUT2D eigenvalue weighted by atomic mass is 9.51. The maximum Gasteiger partial charge on any atom is 0.257 e. The number of hydroxylamine groups is 2. The highest BCUT2D eigenvalue weighted by Crippen LogP contribution is 2.63. The van der Waals surface area contributed by atoms with Crippen LogP contribution in [0.2, 0.25) is 5.02 Å². The van der Waals surface area contributed by atoms with E-state index in [0.717, 1.165) is 16.5 Å². The predicted molar refractivity (Wildman–Crippen MR) is 137 cm³/mol. The number of phenolic OH excluding ortho intramolecular Hbond substituents is 1. The van der Waals surface area contributed by atoms with Gasteiger partial charge in [0.1, 0.15) is 11.6 Å². The highest BCUT2D eigenvalue weighted by molar-refractivity contribution is 6.31. The summed E-state index contributed by atoms with van der Waals surface area (Å²) in [6.07, 6.45) is 2.21. The number of allylic oxidation sites excluding steroid dienone is 2. The molecule has 0 aromatic heterocycles. The average Bonchev–Trinajstić information content (AvgIpc) is 3.23. The van der Waals surface area contributed by atoms with Crippen LogP contribution in [0.3, 0.4) is 0 Å². The molecule has 8 nitrogen and oxygen atoms in total. The number of aromatic hydroxyl groups is 1. The summed E-state index contributed by atoms with van der Waals surface area (Å²) in [4.78, 5) is 55.0. The number of fused-ring (bicyclic) bond motifs is 4. The van der Waals surface area contributed by atoms with Gasteiger partial charge in [-0.05, 0) is 74.4 Å². The van der Waals surface area contributed by atoms with E-state index in [0.29, 0.717) is 16.7 Å². The van der Waals surface area contributed by atoms with Crippen molar-refractivity contribution in [1.29, 1.82) is 0 Å². The number of carbonyl (C=O) groups excluding carboxylic acids is 4. The monoisotopic (exact) mass is 552 g/mol. The van der Waals surface area contributed by atoms with Gasteiger partial charge in [-0.1, -0.05) is 35.4 Å². The molecule has 39 heavy (non-hydrogen) atoms. The van der Waals surface area contributed by atoms with E-state index in [4.69, 9.17) is 11.6 Å². The Labute approximate surface area is 228 Å². The van der Waals surface area contributed by atoms with Crippen LogP contribution in [-0.2, 0) is 19.2 Å². The predicted octanol–water partition coefficient (Wildman–Crippen LogP) is 4.42. The summed E-state index contributed by atoms with van der Waals surface area (Å²) in [5.41, 5.74) is 1.50. The molecule has 4 amide bonds. The molecule has 2 aromatic rings. The van der Waals surface area contributed by atoms with Gasteiger partial charge in [-0.2, -0.15) is 5.06 Å². The Hall–Kier alpha value is -3.56. The Morgan fingerprint density at radius 1 is 1.00 bits per heavy atom. The fourth-order valence-electron chi connectivity index (χ4n) is 7.41. The van der Waals surface area contributed by atoms with Gasteiger partial charge in [0.15, 0.2) is 0 Å². The summed E-state index contributed by atoms with van der Waals surface area (Å²) in [5, 5.41) is 20.6. The zero-order valence-corrected chi connectivity index (χ0v) is 22.2. The van der Waals surface area contributed by atoms with Crippen LogP contribution < -0.4 is 4.90 Å². The lowest BCUT2D eigenvalue weighted by Gasteiger charge is -2.49. The van der Waals surface area contributed by atoms with E-state index >= 15 is 0 Å². The quantitative estimate of drug-likeness (QED) is 0.324. The number of carbonyl (C=O) groups is 4. The zero-order valence-electron chi connectivity index (χ0n) is 21.4. The van der Waals surface area contributed by atoms with Gasteiger partial charge < -0.3 is 5.11 Å². The van der Waals surface area contributed by atoms with Gasteiger partial charge in [0, 0.05) is 5.92 Å². The molecule has 10 heteroatoms. The highest BCUT2D eigenvalue weighted by atomic mass is 35.5. The van der Waals surface area contributed by atoms with E-state index in [1.807, 2.05) is 6.08 Å². The molecule has 4 aliphatic rings. The molecule has 3 fully saturated rings. The molecule has 202 valence electrons. The van der Waals surface area contributed by atoms with Crippen molar-refractivity contribution in [3.05, 3.63) is 69.5 Å². The molecule has 2 heterocycles. The first-order valence-electron chi connectivity index (χ1n) is 12.8. The maximum absolute atomic E-state index is 14.3. The largest absolute Gasteiger partial charge is 0.507 e. The third kappa shape index (κ3) is 3.32. The smallest absolute Gasteiger partial charge is 0.257 e. The molecule has 6 atom stereocenters. The number of nitrogens with zero attached hydrogens (tertiary/aromatic N) is 2. The number of amides is 4. The molecule has 2 aromatic carbocycles. The molecular weight excluding hydrogens is 527 g/mol. The maximum atomic E-state index is 14.3. The van der Waals surface area contributed by atoms with Crippen molar-refractivity contribution < 1.29 is 33.9 Å². The van der Waals surface area contributed by atoms with E-state index in [9.17, 15) is 33.9 Å². The molecule has 2 N–H and O–H groups in total. The van der Waals surface area contributed by atoms with Gasteiger partial charge in [-0.3, -0.25) is 24.4 Å². The van der Waals surface area contributed by atoms with E-state index in [1.54, 1.807) is 32.9 Å². The summed E-state index contributed by atoms with van der Waals surface area (Å²) in [6, 6.07) is 7.22. The Morgan fingerprint density at radius 2 is 1.67 bits per heavy atom. The van der Waals surface area contributed by atoms with Gasteiger partial charge >= 0.3 is 0 Å². The second-order valence-corrected chi connectivity index (χ2v) is 11.7.